The van der Waals surface area contributed by atoms with Crippen LogP contribution in [0.15, 0.2) is 0 Å². The van der Waals surface area contributed by atoms with Crippen LogP contribution in [-0.2, 0) is 4.74 Å². The van der Waals surface area contributed by atoms with Gasteiger partial charge in [0.15, 0.2) is 6.29 Å². The van der Waals surface area contributed by atoms with Gasteiger partial charge in [-0.25, -0.2) is 0 Å². The summed E-state index contributed by atoms with van der Waals surface area (Å²) in [6.07, 6.45) is -6.75. The lowest BCUT2D eigenvalue weighted by molar-refractivity contribution is -0.150. The van der Waals surface area contributed by atoms with Gasteiger partial charge in [0.05, 0.1) is 6.61 Å². The molecule has 0 aliphatic carbocycles. The van der Waals surface area contributed by atoms with Crippen LogP contribution in [0.3, 0.4) is 0 Å². The van der Waals surface area contributed by atoms with Gasteiger partial charge >= 0.3 is 0 Å². The van der Waals surface area contributed by atoms with Crippen molar-refractivity contribution in [2.75, 3.05) is 6.61 Å². The first-order valence-electron chi connectivity index (χ1n) is 3.56. The molecule has 12 heavy (non-hydrogen) atoms. The van der Waals surface area contributed by atoms with Gasteiger partial charge in [-0.2, -0.15) is 0 Å². The van der Waals surface area contributed by atoms with Gasteiger partial charge in [-0.1, -0.05) is 0 Å². The Balaban J connectivity index is 2.58. The molecule has 6 heteroatoms. The largest absolute Gasteiger partial charge is 0.394 e. The van der Waals surface area contributed by atoms with Crippen molar-refractivity contribution in [2.24, 2.45) is 0 Å². The molecule has 1 rings (SSSR count). The maximum Gasteiger partial charge on any atom is 0.184 e. The van der Waals surface area contributed by atoms with Crippen molar-refractivity contribution < 1.29 is 30.3 Å². The average Bonchev–Trinajstić information content (AvgIpc) is 2.32. The summed E-state index contributed by atoms with van der Waals surface area (Å²) >= 11 is 0. The number of hydrogen-bond acceptors (Lipinski definition) is 6. The van der Waals surface area contributed by atoms with E-state index in [0.717, 1.165) is 0 Å². The van der Waals surface area contributed by atoms with E-state index in [0.29, 0.717) is 0 Å². The summed E-state index contributed by atoms with van der Waals surface area (Å²) < 4.78 is 4.58. The van der Waals surface area contributed by atoms with Gasteiger partial charge in [0.2, 0.25) is 0 Å². The fourth-order valence-electron chi connectivity index (χ4n) is 1.11. The molecule has 1 saturated heterocycles. The van der Waals surface area contributed by atoms with Crippen LogP contribution in [0.5, 0.6) is 0 Å². The van der Waals surface area contributed by atoms with Crippen molar-refractivity contribution in [2.45, 2.75) is 30.7 Å². The molecule has 5 atom stereocenters. The Hall–Kier alpha value is -0.240. The predicted molar refractivity (Wildman–Crippen MR) is 36.0 cm³/mol. The first kappa shape index (κ1) is 9.85. The van der Waals surface area contributed by atoms with E-state index in [1.165, 1.54) is 0 Å². The topological polar surface area (TPSA) is 110 Å². The summed E-state index contributed by atoms with van der Waals surface area (Å²) in [6, 6.07) is 0. The zero-order valence-electron chi connectivity index (χ0n) is 6.24. The zero-order chi connectivity index (χ0) is 9.30. The Morgan fingerprint density at radius 1 is 1.17 bits per heavy atom. The van der Waals surface area contributed by atoms with Gasteiger partial charge in [-0.3, -0.25) is 0 Å². The van der Waals surface area contributed by atoms with Crippen molar-refractivity contribution in [3.8, 4) is 0 Å². The fraction of sp³-hybridized carbons (Fsp3) is 1.00. The Kier molecular flexibility index (Phi) is 2.99. The second-order valence-electron chi connectivity index (χ2n) is 2.72. The molecule has 0 radical (unpaired) electrons. The molecule has 5 N–H and O–H groups in total. The second kappa shape index (κ2) is 3.65. The second-order valence-corrected chi connectivity index (χ2v) is 2.72. The molecule has 0 aromatic rings. The summed E-state index contributed by atoms with van der Waals surface area (Å²) in [6.45, 7) is -0.596. The van der Waals surface area contributed by atoms with Gasteiger partial charge in [0, 0.05) is 0 Å². The SMILES string of the molecule is OC[C@@H](O)[C@@H]1O[C@@H](O)C(O)C1O. The van der Waals surface area contributed by atoms with Crippen LogP contribution in [0, 0.1) is 0 Å². The Morgan fingerprint density at radius 2 is 1.75 bits per heavy atom. The average molecular weight is 180 g/mol. The minimum absolute atomic E-state index is 0.596. The summed E-state index contributed by atoms with van der Waals surface area (Å²) in [4.78, 5) is 0. The highest BCUT2D eigenvalue weighted by molar-refractivity contribution is 4.89. The monoisotopic (exact) mass is 180 g/mol. The molecular weight excluding hydrogens is 168 g/mol. The van der Waals surface area contributed by atoms with Crippen LogP contribution in [0.1, 0.15) is 0 Å². The molecule has 1 heterocycles. The summed E-state index contributed by atoms with van der Waals surface area (Å²) in [7, 11) is 0. The highest BCUT2D eigenvalue weighted by Crippen LogP contribution is 2.21. The molecule has 1 fully saturated rings. The summed E-state index contributed by atoms with van der Waals surface area (Å²) in [5.41, 5.74) is 0. The third-order valence-corrected chi connectivity index (χ3v) is 1.84. The Bertz CT molecular complexity index is 151. The van der Waals surface area contributed by atoms with Gasteiger partial charge < -0.3 is 30.3 Å². The minimum Gasteiger partial charge on any atom is -0.394 e. The minimum atomic E-state index is -1.51. The number of aliphatic hydroxyl groups excluding tert-OH is 5. The molecule has 0 spiro atoms. The van der Waals surface area contributed by atoms with Gasteiger partial charge in [-0.05, 0) is 0 Å². The molecule has 0 aromatic carbocycles. The predicted octanol–water partition coefficient (Wildman–Crippen LogP) is -3.22. The molecule has 2 unspecified atom stereocenters. The highest BCUT2D eigenvalue weighted by atomic mass is 16.6. The molecule has 0 bridgehead atoms. The maximum absolute atomic E-state index is 9.12. The molecular formula is C6H12O6. The smallest absolute Gasteiger partial charge is 0.184 e. The van der Waals surface area contributed by atoms with Crippen molar-refractivity contribution in [3.63, 3.8) is 0 Å². The molecule has 72 valence electrons. The summed E-state index contributed by atoms with van der Waals surface area (Å²) in [5, 5.41) is 44.4. The number of hydrogen-bond donors (Lipinski definition) is 5. The lowest BCUT2D eigenvalue weighted by Gasteiger charge is -2.18. The number of ether oxygens (including phenoxy) is 1. The highest BCUT2D eigenvalue weighted by Gasteiger charge is 2.44. The van der Waals surface area contributed by atoms with Crippen LogP contribution in [0.4, 0.5) is 0 Å². The lowest BCUT2D eigenvalue weighted by atomic mass is 10.1. The van der Waals surface area contributed by atoms with E-state index >= 15 is 0 Å². The van der Waals surface area contributed by atoms with E-state index in [-0.39, 0.29) is 0 Å². The van der Waals surface area contributed by atoms with Crippen molar-refractivity contribution in [1.82, 2.24) is 0 Å². The van der Waals surface area contributed by atoms with Crippen molar-refractivity contribution in [1.29, 1.82) is 0 Å². The summed E-state index contributed by atoms with van der Waals surface area (Å²) in [5.74, 6) is 0. The van der Waals surface area contributed by atoms with Crippen LogP contribution < -0.4 is 0 Å². The Morgan fingerprint density at radius 3 is 2.08 bits per heavy atom. The molecule has 0 saturated carbocycles. The number of aliphatic hydroxyl groups is 5. The van der Waals surface area contributed by atoms with Crippen LogP contribution in [-0.4, -0.2) is 62.8 Å². The van der Waals surface area contributed by atoms with E-state index in [1.54, 1.807) is 0 Å². The van der Waals surface area contributed by atoms with Crippen LogP contribution >= 0.6 is 0 Å². The van der Waals surface area contributed by atoms with Gasteiger partial charge in [0.1, 0.15) is 24.4 Å². The van der Waals surface area contributed by atoms with E-state index in [4.69, 9.17) is 25.5 Å². The molecule has 1 aliphatic heterocycles. The van der Waals surface area contributed by atoms with E-state index in [2.05, 4.69) is 4.74 Å². The Labute approximate surface area is 68.6 Å². The molecule has 0 amide bonds. The van der Waals surface area contributed by atoms with Gasteiger partial charge in [0.25, 0.3) is 0 Å². The van der Waals surface area contributed by atoms with E-state index in [9.17, 15) is 0 Å². The quantitative estimate of drug-likeness (QED) is 0.306. The lowest BCUT2D eigenvalue weighted by Crippen LogP contribution is -2.40. The van der Waals surface area contributed by atoms with E-state index < -0.39 is 37.3 Å². The van der Waals surface area contributed by atoms with Crippen LogP contribution in [0.2, 0.25) is 0 Å². The third-order valence-electron chi connectivity index (χ3n) is 1.84. The molecule has 0 aromatic heterocycles. The van der Waals surface area contributed by atoms with E-state index in [1.807, 2.05) is 0 Å². The molecule has 1 aliphatic rings. The zero-order valence-corrected chi connectivity index (χ0v) is 6.24. The standard InChI is InChI=1S/C6H12O6/c7-1-2(8)5-3(9)4(10)6(11)12-5/h2-11H,1H2/t2-,3?,4?,5+,6-/m1/s1. The first-order valence-corrected chi connectivity index (χ1v) is 3.56. The van der Waals surface area contributed by atoms with Gasteiger partial charge in [-0.15, -0.1) is 0 Å². The van der Waals surface area contributed by atoms with Crippen LogP contribution in [0.25, 0.3) is 0 Å². The maximum atomic E-state index is 9.12. The first-order chi connectivity index (χ1) is 5.57. The number of rotatable bonds is 2. The van der Waals surface area contributed by atoms with Crippen molar-refractivity contribution in [3.05, 3.63) is 0 Å². The van der Waals surface area contributed by atoms with Crippen molar-refractivity contribution >= 4 is 0 Å². The third kappa shape index (κ3) is 1.58. The molecule has 6 nitrogen and oxygen atoms in total. The normalized spacial score (nSPS) is 44.8. The fourth-order valence-corrected chi connectivity index (χ4v) is 1.11.